The zero-order chi connectivity index (χ0) is 15.4. The molecule has 0 unspecified atom stereocenters. The van der Waals surface area contributed by atoms with Gasteiger partial charge in [-0.2, -0.15) is 0 Å². The minimum absolute atomic E-state index is 0.0983. The maximum Gasteiger partial charge on any atom is 0.221 e. The summed E-state index contributed by atoms with van der Waals surface area (Å²) in [4.78, 5) is 11.2. The van der Waals surface area contributed by atoms with Crippen LogP contribution < -0.4 is 10.6 Å². The van der Waals surface area contributed by atoms with Gasteiger partial charge in [-0.3, -0.25) is 4.79 Å². The summed E-state index contributed by atoms with van der Waals surface area (Å²) in [7, 11) is 0. The average Bonchev–Trinajstić information content (AvgIpc) is 2.42. The van der Waals surface area contributed by atoms with E-state index in [0.717, 1.165) is 22.5 Å². The highest BCUT2D eigenvalue weighted by atomic mass is 35.5. The fourth-order valence-corrected chi connectivity index (χ4v) is 2.41. The Bertz CT molecular complexity index is 671. The van der Waals surface area contributed by atoms with E-state index in [1.54, 1.807) is 6.07 Å². The van der Waals surface area contributed by atoms with E-state index in [1.807, 2.05) is 37.3 Å². The second kappa shape index (κ2) is 6.83. The number of anilines is 2. The zero-order valence-electron chi connectivity index (χ0n) is 11.8. The maximum absolute atomic E-state index is 11.2. The summed E-state index contributed by atoms with van der Waals surface area (Å²) < 4.78 is 0. The molecule has 0 radical (unpaired) electrons. The van der Waals surface area contributed by atoms with Crippen molar-refractivity contribution in [3.63, 3.8) is 0 Å². The molecular formula is C16H16Cl2N2O. The molecule has 0 aromatic heterocycles. The summed E-state index contributed by atoms with van der Waals surface area (Å²) in [5.41, 5.74) is 3.46. The largest absolute Gasteiger partial charge is 0.380 e. The summed E-state index contributed by atoms with van der Waals surface area (Å²) in [6.45, 7) is 3.93. The van der Waals surface area contributed by atoms with E-state index < -0.39 is 0 Å². The highest BCUT2D eigenvalue weighted by molar-refractivity contribution is 6.35. The summed E-state index contributed by atoms with van der Waals surface area (Å²) in [6, 6.07) is 11.2. The predicted molar refractivity (Wildman–Crippen MR) is 89.3 cm³/mol. The lowest BCUT2D eigenvalue weighted by molar-refractivity contribution is -0.114. The van der Waals surface area contributed by atoms with Crippen LogP contribution in [0.25, 0.3) is 0 Å². The lowest BCUT2D eigenvalue weighted by Gasteiger charge is -2.13. The fourth-order valence-electron chi connectivity index (χ4n) is 1.96. The molecule has 1 amide bonds. The van der Waals surface area contributed by atoms with Gasteiger partial charge >= 0.3 is 0 Å². The van der Waals surface area contributed by atoms with E-state index in [4.69, 9.17) is 23.2 Å². The summed E-state index contributed by atoms with van der Waals surface area (Å²) in [5.74, 6) is -0.0983. The van der Waals surface area contributed by atoms with Crippen molar-refractivity contribution in [1.29, 1.82) is 0 Å². The molecule has 0 aliphatic heterocycles. The fraction of sp³-hybridized carbons (Fsp3) is 0.188. The molecule has 0 spiro atoms. The third-order valence-electron chi connectivity index (χ3n) is 3.05. The van der Waals surface area contributed by atoms with Gasteiger partial charge in [0.05, 0.1) is 10.7 Å². The van der Waals surface area contributed by atoms with Crippen LogP contribution in [0, 0.1) is 6.92 Å². The summed E-state index contributed by atoms with van der Waals surface area (Å²) in [6.07, 6.45) is 0. The van der Waals surface area contributed by atoms with Gasteiger partial charge in [-0.25, -0.2) is 0 Å². The average molecular weight is 323 g/mol. The van der Waals surface area contributed by atoms with Crippen molar-refractivity contribution < 1.29 is 4.79 Å². The van der Waals surface area contributed by atoms with E-state index in [2.05, 4.69) is 10.6 Å². The van der Waals surface area contributed by atoms with Gasteiger partial charge in [0.2, 0.25) is 5.91 Å². The monoisotopic (exact) mass is 322 g/mol. The molecule has 0 saturated carbocycles. The molecule has 110 valence electrons. The van der Waals surface area contributed by atoms with E-state index in [-0.39, 0.29) is 5.91 Å². The van der Waals surface area contributed by atoms with Crippen molar-refractivity contribution >= 4 is 40.5 Å². The number of nitrogens with one attached hydrogen (secondary N) is 2. The third-order valence-corrected chi connectivity index (χ3v) is 3.77. The number of rotatable bonds is 4. The molecule has 2 rings (SSSR count). The van der Waals surface area contributed by atoms with Crippen molar-refractivity contribution in [2.45, 2.75) is 20.4 Å². The number of hydrogen-bond acceptors (Lipinski definition) is 2. The van der Waals surface area contributed by atoms with Crippen LogP contribution in [0.5, 0.6) is 0 Å². The minimum atomic E-state index is -0.0983. The first-order valence-corrected chi connectivity index (χ1v) is 7.28. The Balaban J connectivity index is 2.17. The van der Waals surface area contributed by atoms with Crippen LogP contribution in [0.4, 0.5) is 11.4 Å². The topological polar surface area (TPSA) is 41.1 Å². The first-order valence-electron chi connectivity index (χ1n) is 6.52. The number of amides is 1. The zero-order valence-corrected chi connectivity index (χ0v) is 13.3. The molecule has 2 aromatic rings. The lowest BCUT2D eigenvalue weighted by Crippen LogP contribution is -2.10. The van der Waals surface area contributed by atoms with Gasteiger partial charge in [0.1, 0.15) is 0 Å². The van der Waals surface area contributed by atoms with Gasteiger partial charge in [0.15, 0.2) is 0 Å². The molecule has 0 aliphatic rings. The molecule has 0 saturated heterocycles. The van der Waals surface area contributed by atoms with Gasteiger partial charge in [-0.15, -0.1) is 0 Å². The lowest BCUT2D eigenvalue weighted by atomic mass is 10.1. The number of aryl methyl sites for hydroxylation is 1. The van der Waals surface area contributed by atoms with Crippen LogP contribution in [0.2, 0.25) is 10.0 Å². The van der Waals surface area contributed by atoms with Gasteiger partial charge in [0.25, 0.3) is 0 Å². The molecule has 5 heteroatoms. The molecule has 21 heavy (non-hydrogen) atoms. The van der Waals surface area contributed by atoms with Gasteiger partial charge < -0.3 is 10.6 Å². The second-order valence-corrected chi connectivity index (χ2v) is 5.59. The molecule has 3 nitrogen and oxygen atoms in total. The second-order valence-electron chi connectivity index (χ2n) is 4.77. The van der Waals surface area contributed by atoms with Crippen LogP contribution >= 0.6 is 23.2 Å². The molecule has 0 atom stereocenters. The highest BCUT2D eigenvalue weighted by Crippen LogP contribution is 2.29. The van der Waals surface area contributed by atoms with Crippen LogP contribution in [0.3, 0.4) is 0 Å². The Labute approximate surface area is 134 Å². The van der Waals surface area contributed by atoms with Crippen molar-refractivity contribution in [1.82, 2.24) is 0 Å². The molecule has 0 fully saturated rings. The van der Waals surface area contributed by atoms with Crippen LogP contribution in [0.1, 0.15) is 18.1 Å². The number of para-hydroxylation sites is 1. The van der Waals surface area contributed by atoms with Crippen molar-refractivity contribution in [3.05, 3.63) is 57.6 Å². The Hall–Kier alpha value is -1.71. The first-order chi connectivity index (χ1) is 9.97. The van der Waals surface area contributed by atoms with Crippen LogP contribution in [-0.4, -0.2) is 5.91 Å². The number of hydrogen-bond donors (Lipinski definition) is 2. The standard InChI is InChI=1S/C16H16Cl2N2O/c1-10-7-14(18)16(8-13(10)17)19-9-12-5-3-4-6-15(12)20-11(2)21/h3-8,19H,9H2,1-2H3,(H,20,21). The third kappa shape index (κ3) is 4.13. The van der Waals surface area contributed by atoms with Gasteiger partial charge in [0, 0.05) is 24.2 Å². The molecule has 0 heterocycles. The van der Waals surface area contributed by atoms with Crippen LogP contribution in [-0.2, 0) is 11.3 Å². The molecule has 2 N–H and O–H groups in total. The van der Waals surface area contributed by atoms with E-state index in [1.165, 1.54) is 6.92 Å². The summed E-state index contributed by atoms with van der Waals surface area (Å²) >= 11 is 12.3. The summed E-state index contributed by atoms with van der Waals surface area (Å²) in [5, 5.41) is 7.33. The predicted octanol–water partition coefficient (Wildman–Crippen LogP) is 4.87. The number of benzene rings is 2. The molecular weight excluding hydrogens is 307 g/mol. The van der Waals surface area contributed by atoms with Crippen molar-refractivity contribution in [3.8, 4) is 0 Å². The Kier molecular flexibility index (Phi) is 5.10. The normalized spacial score (nSPS) is 10.3. The van der Waals surface area contributed by atoms with E-state index in [9.17, 15) is 4.79 Å². The molecule has 0 aliphatic carbocycles. The quantitative estimate of drug-likeness (QED) is 0.842. The van der Waals surface area contributed by atoms with Crippen molar-refractivity contribution in [2.75, 3.05) is 10.6 Å². The molecule has 2 aromatic carbocycles. The SMILES string of the molecule is CC(=O)Nc1ccccc1CNc1cc(Cl)c(C)cc1Cl. The van der Waals surface area contributed by atoms with Gasteiger partial charge in [-0.1, -0.05) is 41.4 Å². The molecule has 0 bridgehead atoms. The van der Waals surface area contributed by atoms with Gasteiger partial charge in [-0.05, 0) is 36.2 Å². The number of carbonyl (C=O) groups is 1. The Morgan fingerprint density at radius 2 is 1.81 bits per heavy atom. The van der Waals surface area contributed by atoms with Crippen LogP contribution in [0.15, 0.2) is 36.4 Å². The maximum atomic E-state index is 11.2. The Morgan fingerprint density at radius 1 is 1.10 bits per heavy atom. The smallest absolute Gasteiger partial charge is 0.221 e. The van der Waals surface area contributed by atoms with E-state index in [0.29, 0.717) is 16.6 Å². The van der Waals surface area contributed by atoms with Crippen molar-refractivity contribution in [2.24, 2.45) is 0 Å². The minimum Gasteiger partial charge on any atom is -0.380 e. The van der Waals surface area contributed by atoms with E-state index >= 15 is 0 Å². The first kappa shape index (κ1) is 15.7. The highest BCUT2D eigenvalue weighted by Gasteiger charge is 2.07. The number of halogens is 2. The Morgan fingerprint density at radius 3 is 2.52 bits per heavy atom. The number of carbonyl (C=O) groups excluding carboxylic acids is 1.